The molecule has 3 rings (SSSR count). The number of benzene rings is 1. The van der Waals surface area contributed by atoms with Gasteiger partial charge in [-0.2, -0.15) is 18.4 Å². The van der Waals surface area contributed by atoms with Crippen LogP contribution < -0.4 is 10.6 Å². The second-order valence-electron chi connectivity index (χ2n) is 8.06. The van der Waals surface area contributed by atoms with Crippen molar-refractivity contribution in [3.8, 4) is 6.07 Å². The maximum Gasteiger partial charge on any atom is 0.408 e. The van der Waals surface area contributed by atoms with Gasteiger partial charge in [0.05, 0.1) is 17.6 Å². The molecule has 2 aliphatic rings. The third-order valence-electron chi connectivity index (χ3n) is 5.22. The van der Waals surface area contributed by atoms with Gasteiger partial charge >= 0.3 is 6.18 Å². The molecule has 0 unspecified atom stereocenters. The lowest BCUT2D eigenvalue weighted by molar-refractivity contribution is -0.161. The summed E-state index contributed by atoms with van der Waals surface area (Å²) in [5.74, 6) is -5.01. The van der Waals surface area contributed by atoms with Crippen LogP contribution in [-0.2, 0) is 14.6 Å². The number of carbonyl (C=O) groups is 1. The molecular weight excluding hydrogens is 445 g/mol. The smallest absolute Gasteiger partial charge is 0.336 e. The third kappa shape index (κ3) is 6.13. The highest BCUT2D eigenvalue weighted by atomic mass is 32.2. The first-order chi connectivity index (χ1) is 14.3. The Morgan fingerprint density at radius 1 is 1.26 bits per heavy atom. The van der Waals surface area contributed by atoms with E-state index in [-0.39, 0.29) is 30.6 Å². The molecule has 2 saturated carbocycles. The molecule has 0 aromatic heterocycles. The lowest BCUT2D eigenvalue weighted by Gasteiger charge is -2.28. The number of sulfone groups is 1. The van der Waals surface area contributed by atoms with Crippen LogP contribution in [0.25, 0.3) is 0 Å². The molecule has 12 heteroatoms. The molecule has 6 nitrogen and oxygen atoms in total. The number of hydrogen-bond donors (Lipinski definition) is 2. The van der Waals surface area contributed by atoms with Crippen LogP contribution in [0.3, 0.4) is 0 Å². The van der Waals surface area contributed by atoms with E-state index >= 15 is 0 Å². The van der Waals surface area contributed by atoms with E-state index in [0.29, 0.717) is 25.0 Å². The fraction of sp³-hybridized carbons (Fsp3) is 0.579. The van der Waals surface area contributed by atoms with Gasteiger partial charge in [0.1, 0.15) is 29.3 Å². The zero-order chi connectivity index (χ0) is 23.0. The van der Waals surface area contributed by atoms with E-state index in [1.807, 2.05) is 11.4 Å². The quantitative estimate of drug-likeness (QED) is 0.546. The van der Waals surface area contributed by atoms with Crippen molar-refractivity contribution in [1.82, 2.24) is 10.6 Å². The van der Waals surface area contributed by atoms with Crippen LogP contribution >= 0.6 is 0 Å². The van der Waals surface area contributed by atoms with Crippen molar-refractivity contribution >= 4 is 15.7 Å². The molecule has 1 aromatic rings. The van der Waals surface area contributed by atoms with Gasteiger partial charge in [0.25, 0.3) is 0 Å². The highest BCUT2D eigenvalue weighted by molar-refractivity contribution is 7.91. The molecule has 0 aliphatic heterocycles. The van der Waals surface area contributed by atoms with Gasteiger partial charge < -0.3 is 5.32 Å². The van der Waals surface area contributed by atoms with Gasteiger partial charge in [-0.1, -0.05) is 6.07 Å². The highest BCUT2D eigenvalue weighted by Crippen LogP contribution is 2.37. The molecule has 0 bridgehead atoms. The molecule has 0 radical (unpaired) electrons. The molecule has 170 valence electrons. The van der Waals surface area contributed by atoms with E-state index in [4.69, 9.17) is 5.26 Å². The van der Waals surface area contributed by atoms with Crippen molar-refractivity contribution in [2.24, 2.45) is 5.92 Å². The summed E-state index contributed by atoms with van der Waals surface area (Å²) in [5, 5.41) is 13.3. The maximum atomic E-state index is 14.1. The first-order valence-electron chi connectivity index (χ1n) is 9.55. The topological polar surface area (TPSA) is 99.1 Å². The molecule has 2 fully saturated rings. The molecule has 2 N–H and O–H groups in total. The zero-order valence-electron chi connectivity index (χ0n) is 16.2. The average molecular weight is 465 g/mol. The van der Waals surface area contributed by atoms with Crippen LogP contribution in [0.5, 0.6) is 0 Å². The molecular formula is C19H20F5N3O3S. The second-order valence-corrected chi connectivity index (χ2v) is 10.2. The van der Waals surface area contributed by atoms with Gasteiger partial charge in [-0.15, -0.1) is 0 Å². The summed E-state index contributed by atoms with van der Waals surface area (Å²) >= 11 is 0. The predicted octanol–water partition coefficient (Wildman–Crippen LogP) is 2.52. The number of nitrogens with zero attached hydrogens (tertiary/aromatic N) is 1. The minimum Gasteiger partial charge on any atom is -0.336 e. The van der Waals surface area contributed by atoms with Crippen molar-refractivity contribution < 1.29 is 35.2 Å². The first-order valence-corrected chi connectivity index (χ1v) is 11.4. The molecule has 2 atom stereocenters. The van der Waals surface area contributed by atoms with Crippen molar-refractivity contribution in [3.05, 3.63) is 35.4 Å². The van der Waals surface area contributed by atoms with Gasteiger partial charge in [0.15, 0.2) is 9.84 Å². The van der Waals surface area contributed by atoms with Crippen molar-refractivity contribution in [2.75, 3.05) is 11.5 Å². The fourth-order valence-electron chi connectivity index (χ4n) is 3.18. The van der Waals surface area contributed by atoms with E-state index in [1.54, 1.807) is 0 Å². The van der Waals surface area contributed by atoms with Crippen molar-refractivity contribution in [3.63, 3.8) is 0 Å². The summed E-state index contributed by atoms with van der Waals surface area (Å²) < 4.78 is 93.3. The average Bonchev–Trinajstić information content (AvgIpc) is 3.56. The van der Waals surface area contributed by atoms with Crippen LogP contribution in [0.2, 0.25) is 0 Å². The minimum atomic E-state index is -5.12. The molecule has 1 aromatic carbocycles. The number of nitrogens with one attached hydrogen (secondary N) is 2. The monoisotopic (exact) mass is 465 g/mol. The Kier molecular flexibility index (Phi) is 6.30. The van der Waals surface area contributed by atoms with Crippen LogP contribution in [0, 0.1) is 28.9 Å². The Labute approximate surface area is 175 Å². The largest absolute Gasteiger partial charge is 0.408 e. The first kappa shape index (κ1) is 23.4. The van der Waals surface area contributed by atoms with Crippen molar-refractivity contribution in [1.29, 1.82) is 5.26 Å². The second kappa shape index (κ2) is 8.35. The Balaban J connectivity index is 1.89. The Morgan fingerprint density at radius 3 is 2.39 bits per heavy atom. The standard InChI is InChI=1S/C19H20F5N3O3S/c20-12-3-4-13(14(21)7-12)16(19(22,23)24)26-15(9-31(29,30)8-11-1-2-11)17(28)27-18(10-25)5-6-18/h3-4,7,11,15-16,26H,1-2,5-6,8-9H2,(H,27,28)/t15-,16-/m0/s1. The summed E-state index contributed by atoms with van der Waals surface area (Å²) in [4.78, 5) is 12.7. The number of rotatable bonds is 9. The molecule has 1 amide bonds. The molecule has 2 aliphatic carbocycles. The lowest BCUT2D eigenvalue weighted by Crippen LogP contribution is -2.54. The third-order valence-corrected chi connectivity index (χ3v) is 7.04. The van der Waals surface area contributed by atoms with Crippen LogP contribution in [0.1, 0.15) is 37.3 Å². The van der Waals surface area contributed by atoms with Crippen LogP contribution in [0.15, 0.2) is 18.2 Å². The van der Waals surface area contributed by atoms with E-state index in [1.165, 1.54) is 0 Å². The van der Waals surface area contributed by atoms with E-state index in [0.717, 1.165) is 0 Å². The van der Waals surface area contributed by atoms with E-state index < -0.39 is 62.5 Å². The molecule has 0 saturated heterocycles. The lowest BCUT2D eigenvalue weighted by atomic mass is 10.0. The summed E-state index contributed by atoms with van der Waals surface area (Å²) in [6.45, 7) is 0. The summed E-state index contributed by atoms with van der Waals surface area (Å²) in [7, 11) is -3.92. The number of nitriles is 1. The Bertz CT molecular complexity index is 998. The number of carbonyl (C=O) groups excluding carboxylic acids is 1. The minimum absolute atomic E-state index is 0.101. The van der Waals surface area contributed by atoms with Gasteiger partial charge in [-0.05, 0) is 37.7 Å². The van der Waals surface area contributed by atoms with E-state index in [9.17, 15) is 35.2 Å². The van der Waals surface area contributed by atoms with Gasteiger partial charge in [0.2, 0.25) is 5.91 Å². The number of hydrogen-bond acceptors (Lipinski definition) is 5. The fourth-order valence-corrected chi connectivity index (χ4v) is 5.12. The van der Waals surface area contributed by atoms with Crippen molar-refractivity contribution in [2.45, 2.75) is 49.5 Å². The van der Waals surface area contributed by atoms with Gasteiger partial charge in [-0.3, -0.25) is 10.1 Å². The summed E-state index contributed by atoms with van der Waals surface area (Å²) in [5.41, 5.74) is -2.22. The Morgan fingerprint density at radius 2 is 1.90 bits per heavy atom. The zero-order valence-corrected chi connectivity index (χ0v) is 17.0. The Hall–Kier alpha value is -2.26. The highest BCUT2D eigenvalue weighted by Gasteiger charge is 2.48. The number of alkyl halides is 3. The molecule has 0 spiro atoms. The number of amides is 1. The summed E-state index contributed by atoms with van der Waals surface area (Å²) in [6, 6.07) is -1.34. The van der Waals surface area contributed by atoms with Crippen LogP contribution in [0.4, 0.5) is 22.0 Å². The van der Waals surface area contributed by atoms with Gasteiger partial charge in [-0.25, -0.2) is 17.2 Å². The predicted molar refractivity (Wildman–Crippen MR) is 99.2 cm³/mol. The molecule has 31 heavy (non-hydrogen) atoms. The summed E-state index contributed by atoms with van der Waals surface area (Å²) in [6.07, 6.45) is -3.21. The van der Waals surface area contributed by atoms with Gasteiger partial charge in [0, 0.05) is 11.6 Å². The van der Waals surface area contributed by atoms with Crippen LogP contribution in [-0.4, -0.2) is 43.6 Å². The molecule has 0 heterocycles. The van der Waals surface area contributed by atoms with E-state index in [2.05, 4.69) is 5.32 Å². The SMILES string of the molecule is N#CC1(NC(=O)[C@H](CS(=O)(=O)CC2CC2)N[C@@H](c2ccc(F)cc2F)C(F)(F)F)CC1. The number of halogens is 5. The normalized spacial score (nSPS) is 19.9. The maximum absolute atomic E-state index is 14.1.